The second kappa shape index (κ2) is 7.54. The van der Waals surface area contributed by atoms with Gasteiger partial charge in [0.25, 0.3) is 0 Å². The lowest BCUT2D eigenvalue weighted by Gasteiger charge is -2.21. The topological polar surface area (TPSA) is 81.8 Å². The summed E-state index contributed by atoms with van der Waals surface area (Å²) in [5.74, 6) is 0. The van der Waals surface area contributed by atoms with Gasteiger partial charge in [-0.15, -0.1) is 0 Å². The molecule has 8 heteroatoms. The van der Waals surface area contributed by atoms with Gasteiger partial charge in [-0.1, -0.05) is 6.07 Å². The van der Waals surface area contributed by atoms with Crippen LogP contribution >= 0.6 is 0 Å². The summed E-state index contributed by atoms with van der Waals surface area (Å²) in [5, 5.41) is 2.85. The molecule has 0 unspecified atom stereocenters. The van der Waals surface area contributed by atoms with Crippen LogP contribution in [0.2, 0.25) is 0 Å². The van der Waals surface area contributed by atoms with Gasteiger partial charge in [0, 0.05) is 25.8 Å². The van der Waals surface area contributed by atoms with Crippen LogP contribution in [-0.4, -0.2) is 57.9 Å². The molecule has 3 rings (SSSR count). The van der Waals surface area contributed by atoms with Gasteiger partial charge in [-0.25, -0.2) is 9.52 Å². The van der Waals surface area contributed by atoms with Crippen molar-refractivity contribution in [2.45, 2.75) is 38.5 Å². The van der Waals surface area contributed by atoms with Gasteiger partial charge in [0.15, 0.2) is 0 Å². The van der Waals surface area contributed by atoms with Crippen LogP contribution in [0.15, 0.2) is 6.07 Å². The van der Waals surface area contributed by atoms with E-state index in [1.165, 1.54) is 29.3 Å². The van der Waals surface area contributed by atoms with Gasteiger partial charge in [0.1, 0.15) is 0 Å². The number of rotatable bonds is 6. The number of aryl methyl sites for hydroxylation is 2. The predicted molar refractivity (Wildman–Crippen MR) is 103 cm³/mol. The molecule has 2 aliphatic carbocycles. The van der Waals surface area contributed by atoms with Crippen molar-refractivity contribution in [3.05, 3.63) is 28.3 Å². The predicted octanol–water partition coefficient (Wildman–Crippen LogP) is 1.52. The number of carbonyl (C=O) groups is 1. The second-order valence-electron chi connectivity index (χ2n) is 7.42. The third-order valence-corrected chi connectivity index (χ3v) is 6.65. The van der Waals surface area contributed by atoms with Crippen LogP contribution in [0.3, 0.4) is 0 Å². The zero-order chi connectivity index (χ0) is 18.9. The number of likely N-dealkylation sites (N-methyl/N-ethyl adjacent to an activating group) is 2. The molecule has 0 aromatic heterocycles. The quantitative estimate of drug-likeness (QED) is 0.784. The zero-order valence-corrected chi connectivity index (χ0v) is 16.6. The van der Waals surface area contributed by atoms with Crippen molar-refractivity contribution in [3.63, 3.8) is 0 Å². The van der Waals surface area contributed by atoms with Crippen LogP contribution in [0.5, 0.6) is 0 Å². The molecule has 26 heavy (non-hydrogen) atoms. The summed E-state index contributed by atoms with van der Waals surface area (Å²) in [6, 6.07) is 1.59. The summed E-state index contributed by atoms with van der Waals surface area (Å²) in [6.07, 6.45) is 6.11. The molecular weight excluding hydrogens is 352 g/mol. The minimum atomic E-state index is -3.86. The SMILES string of the molecule is CN(C)CCN(C)S(=O)(=O)NC(=O)Nc1c2c(cc3c1CCC3)CCC2. The van der Waals surface area contributed by atoms with Crippen molar-refractivity contribution in [2.75, 3.05) is 39.5 Å². The summed E-state index contributed by atoms with van der Waals surface area (Å²) in [7, 11) is 1.35. The summed E-state index contributed by atoms with van der Waals surface area (Å²) in [4.78, 5) is 14.3. The van der Waals surface area contributed by atoms with Gasteiger partial charge in [-0.05, 0) is 74.9 Å². The number of urea groups is 1. The van der Waals surface area contributed by atoms with Crippen LogP contribution in [0.4, 0.5) is 10.5 Å². The highest BCUT2D eigenvalue weighted by Crippen LogP contribution is 2.38. The van der Waals surface area contributed by atoms with E-state index >= 15 is 0 Å². The van der Waals surface area contributed by atoms with Crippen molar-refractivity contribution in [3.8, 4) is 0 Å². The number of hydrogen-bond donors (Lipinski definition) is 2. The zero-order valence-electron chi connectivity index (χ0n) is 15.8. The summed E-state index contributed by atoms with van der Waals surface area (Å²) in [6.45, 7) is 0.893. The third kappa shape index (κ3) is 4.02. The number of nitrogens with zero attached hydrogens (tertiary/aromatic N) is 2. The molecule has 0 heterocycles. The molecule has 0 aliphatic heterocycles. The maximum atomic E-state index is 12.4. The molecule has 7 nitrogen and oxygen atoms in total. The smallest absolute Gasteiger partial charge is 0.308 e. The van der Waals surface area contributed by atoms with Gasteiger partial charge in [0.2, 0.25) is 0 Å². The van der Waals surface area contributed by atoms with Gasteiger partial charge >= 0.3 is 16.2 Å². The highest BCUT2D eigenvalue weighted by Gasteiger charge is 2.26. The number of fused-ring (bicyclic) bond motifs is 2. The van der Waals surface area contributed by atoms with E-state index in [2.05, 4.69) is 16.1 Å². The number of amides is 2. The molecule has 2 aliphatic rings. The molecule has 0 fully saturated rings. The highest BCUT2D eigenvalue weighted by molar-refractivity contribution is 7.87. The maximum Gasteiger partial charge on any atom is 0.333 e. The Bertz CT molecular complexity index is 773. The van der Waals surface area contributed by atoms with Crippen molar-refractivity contribution in [1.82, 2.24) is 13.9 Å². The Labute approximate surface area is 155 Å². The molecule has 1 aromatic rings. The fourth-order valence-electron chi connectivity index (χ4n) is 3.76. The lowest BCUT2D eigenvalue weighted by Crippen LogP contribution is -2.45. The van der Waals surface area contributed by atoms with E-state index in [4.69, 9.17) is 0 Å². The molecule has 1 aromatic carbocycles. The number of carbonyl (C=O) groups excluding carboxylic acids is 1. The van der Waals surface area contributed by atoms with Crippen LogP contribution in [0.25, 0.3) is 0 Å². The first-order valence-electron chi connectivity index (χ1n) is 9.14. The molecule has 0 atom stereocenters. The number of hydrogen-bond acceptors (Lipinski definition) is 4. The summed E-state index contributed by atoms with van der Waals surface area (Å²) < 4.78 is 28.0. The van der Waals surface area contributed by atoms with Gasteiger partial charge in [-0.2, -0.15) is 12.7 Å². The Balaban J connectivity index is 1.73. The maximum absolute atomic E-state index is 12.4. The molecule has 0 bridgehead atoms. The fourth-order valence-corrected chi connectivity index (χ4v) is 4.53. The van der Waals surface area contributed by atoms with Crippen LogP contribution < -0.4 is 10.0 Å². The normalized spacial score (nSPS) is 16.0. The molecule has 144 valence electrons. The van der Waals surface area contributed by atoms with E-state index in [0.29, 0.717) is 13.1 Å². The molecular formula is C18H28N4O3S. The number of anilines is 1. The molecule has 0 spiro atoms. The summed E-state index contributed by atoms with van der Waals surface area (Å²) >= 11 is 0. The van der Waals surface area contributed by atoms with Crippen molar-refractivity contribution >= 4 is 21.9 Å². The monoisotopic (exact) mass is 380 g/mol. The lowest BCUT2D eigenvalue weighted by atomic mass is 9.99. The minimum absolute atomic E-state index is 0.311. The van der Waals surface area contributed by atoms with Crippen LogP contribution in [-0.2, 0) is 35.9 Å². The highest BCUT2D eigenvalue weighted by atomic mass is 32.2. The van der Waals surface area contributed by atoms with E-state index in [9.17, 15) is 13.2 Å². The number of benzene rings is 1. The first-order chi connectivity index (χ1) is 12.3. The summed E-state index contributed by atoms with van der Waals surface area (Å²) in [5.41, 5.74) is 5.80. The first kappa shape index (κ1) is 19.1. The van der Waals surface area contributed by atoms with E-state index in [-0.39, 0.29) is 0 Å². The van der Waals surface area contributed by atoms with E-state index in [1.807, 2.05) is 19.0 Å². The van der Waals surface area contributed by atoms with E-state index in [1.54, 1.807) is 0 Å². The standard InChI is InChI=1S/C18H28N4O3S/c1-21(2)10-11-22(3)26(24,25)20-18(23)19-17-15-8-4-6-13(15)12-14-7-5-9-16(14)17/h12H,4-11H2,1-3H3,(H2,19,20,23). The van der Waals surface area contributed by atoms with E-state index < -0.39 is 16.2 Å². The Morgan fingerprint density at radius 2 is 1.58 bits per heavy atom. The third-order valence-electron chi connectivity index (χ3n) is 5.21. The van der Waals surface area contributed by atoms with Crippen LogP contribution in [0.1, 0.15) is 35.1 Å². The van der Waals surface area contributed by atoms with Crippen molar-refractivity contribution in [2.24, 2.45) is 0 Å². The van der Waals surface area contributed by atoms with Gasteiger partial charge in [0.05, 0.1) is 0 Å². The van der Waals surface area contributed by atoms with Crippen molar-refractivity contribution < 1.29 is 13.2 Å². The molecule has 2 N–H and O–H groups in total. The molecule has 0 saturated heterocycles. The fraction of sp³-hybridized carbons (Fsp3) is 0.611. The molecule has 2 amide bonds. The van der Waals surface area contributed by atoms with Crippen LogP contribution in [0, 0.1) is 0 Å². The Kier molecular flexibility index (Phi) is 5.55. The molecule has 0 radical (unpaired) electrons. The average molecular weight is 381 g/mol. The second-order valence-corrected chi connectivity index (χ2v) is 9.20. The Morgan fingerprint density at radius 1 is 1.00 bits per heavy atom. The van der Waals surface area contributed by atoms with Crippen molar-refractivity contribution in [1.29, 1.82) is 0 Å². The number of nitrogens with one attached hydrogen (secondary N) is 2. The first-order valence-corrected chi connectivity index (χ1v) is 10.6. The lowest BCUT2D eigenvalue weighted by molar-refractivity contribution is 0.255. The Morgan fingerprint density at radius 3 is 2.12 bits per heavy atom. The minimum Gasteiger partial charge on any atom is -0.308 e. The largest absolute Gasteiger partial charge is 0.333 e. The average Bonchev–Trinajstić information content (AvgIpc) is 3.20. The Hall–Kier alpha value is -1.64. The van der Waals surface area contributed by atoms with E-state index in [0.717, 1.165) is 48.5 Å². The van der Waals surface area contributed by atoms with Gasteiger partial charge in [-0.3, -0.25) is 0 Å². The van der Waals surface area contributed by atoms with Gasteiger partial charge < -0.3 is 10.2 Å². The molecule has 0 saturated carbocycles.